The summed E-state index contributed by atoms with van der Waals surface area (Å²) >= 11 is 0. The van der Waals surface area contributed by atoms with Gasteiger partial charge in [-0.2, -0.15) is 4.98 Å². The molecular formula is C11H19N3O3. The molecule has 1 aliphatic rings. The van der Waals surface area contributed by atoms with Crippen molar-refractivity contribution in [2.24, 2.45) is 5.92 Å². The predicted octanol–water partition coefficient (Wildman–Crippen LogP) is 0.903. The van der Waals surface area contributed by atoms with Crippen LogP contribution >= 0.6 is 0 Å². The summed E-state index contributed by atoms with van der Waals surface area (Å²) in [6.07, 6.45) is 2.37. The minimum absolute atomic E-state index is 0.00789. The Morgan fingerprint density at radius 3 is 2.94 bits per heavy atom. The second kappa shape index (κ2) is 6.09. The van der Waals surface area contributed by atoms with Gasteiger partial charge in [0.1, 0.15) is 6.10 Å². The molecule has 0 amide bonds. The fourth-order valence-electron chi connectivity index (χ4n) is 1.73. The lowest BCUT2D eigenvalue weighted by atomic mass is 10.2. The average Bonchev–Trinajstić information content (AvgIpc) is 3.06. The second-order valence-corrected chi connectivity index (χ2v) is 4.21. The summed E-state index contributed by atoms with van der Waals surface area (Å²) < 4.78 is 15.5. The highest BCUT2D eigenvalue weighted by molar-refractivity contribution is 4.98. The number of aromatic nitrogens is 2. The first-order valence-electron chi connectivity index (χ1n) is 5.90. The molecule has 1 heterocycles. The largest absolute Gasteiger partial charge is 0.383 e. The quantitative estimate of drug-likeness (QED) is 0.682. The minimum Gasteiger partial charge on any atom is -0.383 e. The van der Waals surface area contributed by atoms with E-state index in [1.807, 2.05) is 0 Å². The summed E-state index contributed by atoms with van der Waals surface area (Å²) in [6.45, 7) is 2.01. The molecule has 1 N–H and O–H groups in total. The third kappa shape index (κ3) is 3.49. The number of nitrogens with zero attached hydrogens (tertiary/aromatic N) is 2. The van der Waals surface area contributed by atoms with Crippen LogP contribution in [-0.2, 0) is 16.0 Å². The average molecular weight is 241 g/mol. The molecular weight excluding hydrogens is 222 g/mol. The minimum atomic E-state index is -0.00789. The fraction of sp³-hybridized carbons (Fsp3) is 0.818. The molecule has 6 nitrogen and oxygen atoms in total. The standard InChI is InChI=1S/C11H19N3O3/c1-15-6-5-12-7-9-13-11(14-17-9)10(16-2)8-3-4-8/h8,10,12H,3-7H2,1-2H3. The molecule has 0 saturated heterocycles. The molecule has 6 heteroatoms. The van der Waals surface area contributed by atoms with Crippen LogP contribution < -0.4 is 5.32 Å². The lowest BCUT2D eigenvalue weighted by Gasteiger charge is -2.08. The van der Waals surface area contributed by atoms with Crippen LogP contribution in [0.3, 0.4) is 0 Å². The Kier molecular flexibility index (Phi) is 4.47. The lowest BCUT2D eigenvalue weighted by Crippen LogP contribution is -2.18. The van der Waals surface area contributed by atoms with E-state index in [2.05, 4.69) is 15.5 Å². The molecule has 0 bridgehead atoms. The van der Waals surface area contributed by atoms with Crippen molar-refractivity contribution in [1.82, 2.24) is 15.5 Å². The molecule has 17 heavy (non-hydrogen) atoms. The summed E-state index contributed by atoms with van der Waals surface area (Å²) in [5.41, 5.74) is 0. The van der Waals surface area contributed by atoms with E-state index in [4.69, 9.17) is 14.0 Å². The van der Waals surface area contributed by atoms with Crippen molar-refractivity contribution in [3.63, 3.8) is 0 Å². The highest BCUT2D eigenvalue weighted by Crippen LogP contribution is 2.41. The molecule has 0 aromatic carbocycles. The SMILES string of the molecule is COCCNCc1nc(C(OC)C2CC2)no1. The van der Waals surface area contributed by atoms with Crippen LogP contribution in [0.5, 0.6) is 0 Å². The fourth-order valence-corrected chi connectivity index (χ4v) is 1.73. The van der Waals surface area contributed by atoms with Gasteiger partial charge in [0.05, 0.1) is 13.2 Å². The molecule has 1 aliphatic carbocycles. The van der Waals surface area contributed by atoms with Gasteiger partial charge in [-0.3, -0.25) is 0 Å². The monoisotopic (exact) mass is 241 g/mol. The first-order valence-corrected chi connectivity index (χ1v) is 5.90. The van der Waals surface area contributed by atoms with Crippen LogP contribution in [0.15, 0.2) is 4.52 Å². The van der Waals surface area contributed by atoms with Gasteiger partial charge in [-0.15, -0.1) is 0 Å². The van der Waals surface area contributed by atoms with Crippen LogP contribution in [0, 0.1) is 5.92 Å². The van der Waals surface area contributed by atoms with Crippen LogP contribution in [0.4, 0.5) is 0 Å². The molecule has 96 valence electrons. The number of rotatable bonds is 8. The van der Waals surface area contributed by atoms with Gasteiger partial charge in [0.2, 0.25) is 11.7 Å². The van der Waals surface area contributed by atoms with Crippen molar-refractivity contribution in [1.29, 1.82) is 0 Å². The van der Waals surface area contributed by atoms with Gasteiger partial charge in [0, 0.05) is 20.8 Å². The number of methoxy groups -OCH3 is 2. The molecule has 1 aromatic rings. The van der Waals surface area contributed by atoms with Gasteiger partial charge in [-0.25, -0.2) is 0 Å². The zero-order valence-corrected chi connectivity index (χ0v) is 10.3. The smallest absolute Gasteiger partial charge is 0.240 e. The van der Waals surface area contributed by atoms with Gasteiger partial charge in [-0.05, 0) is 18.8 Å². The number of ether oxygens (including phenoxy) is 2. The third-order valence-corrected chi connectivity index (χ3v) is 2.80. The van der Waals surface area contributed by atoms with Gasteiger partial charge in [0.15, 0.2) is 0 Å². The van der Waals surface area contributed by atoms with Gasteiger partial charge < -0.3 is 19.3 Å². The molecule has 1 unspecified atom stereocenters. The molecule has 2 rings (SSSR count). The van der Waals surface area contributed by atoms with E-state index in [0.29, 0.717) is 30.8 Å². The normalized spacial score (nSPS) is 17.3. The van der Waals surface area contributed by atoms with E-state index < -0.39 is 0 Å². The maximum atomic E-state index is 5.39. The Morgan fingerprint density at radius 1 is 1.47 bits per heavy atom. The topological polar surface area (TPSA) is 69.4 Å². The van der Waals surface area contributed by atoms with Gasteiger partial charge in [0.25, 0.3) is 0 Å². The Hall–Kier alpha value is -0.980. The van der Waals surface area contributed by atoms with Gasteiger partial charge >= 0.3 is 0 Å². The van der Waals surface area contributed by atoms with Crippen molar-refractivity contribution < 1.29 is 14.0 Å². The van der Waals surface area contributed by atoms with Crippen molar-refractivity contribution in [3.05, 3.63) is 11.7 Å². The van der Waals surface area contributed by atoms with E-state index in [-0.39, 0.29) is 6.10 Å². The van der Waals surface area contributed by atoms with E-state index in [1.165, 1.54) is 12.8 Å². The van der Waals surface area contributed by atoms with Crippen molar-refractivity contribution in [2.45, 2.75) is 25.5 Å². The van der Waals surface area contributed by atoms with Crippen LogP contribution in [0.25, 0.3) is 0 Å². The summed E-state index contributed by atoms with van der Waals surface area (Å²) in [5, 5.41) is 7.12. The summed E-state index contributed by atoms with van der Waals surface area (Å²) in [7, 11) is 3.36. The number of hydrogen-bond donors (Lipinski definition) is 1. The highest BCUT2D eigenvalue weighted by atomic mass is 16.5. The van der Waals surface area contributed by atoms with E-state index in [0.717, 1.165) is 6.54 Å². The maximum absolute atomic E-state index is 5.39. The van der Waals surface area contributed by atoms with E-state index in [1.54, 1.807) is 14.2 Å². The van der Waals surface area contributed by atoms with E-state index in [9.17, 15) is 0 Å². The van der Waals surface area contributed by atoms with Crippen molar-refractivity contribution in [3.8, 4) is 0 Å². The summed E-state index contributed by atoms with van der Waals surface area (Å²) in [5.74, 6) is 1.82. The Balaban J connectivity index is 1.82. The molecule has 1 atom stereocenters. The predicted molar refractivity (Wildman–Crippen MR) is 60.4 cm³/mol. The first-order chi connectivity index (χ1) is 8.35. The number of nitrogens with one attached hydrogen (secondary N) is 1. The summed E-state index contributed by atoms with van der Waals surface area (Å²) in [4.78, 5) is 4.33. The molecule has 0 spiro atoms. The summed E-state index contributed by atoms with van der Waals surface area (Å²) in [6, 6.07) is 0. The van der Waals surface area contributed by atoms with Crippen LogP contribution in [-0.4, -0.2) is 37.5 Å². The Morgan fingerprint density at radius 2 is 2.29 bits per heavy atom. The molecule has 1 saturated carbocycles. The molecule has 1 fully saturated rings. The van der Waals surface area contributed by atoms with E-state index >= 15 is 0 Å². The zero-order chi connectivity index (χ0) is 12.1. The van der Waals surface area contributed by atoms with Crippen molar-refractivity contribution in [2.75, 3.05) is 27.4 Å². The number of hydrogen-bond acceptors (Lipinski definition) is 6. The Bertz CT molecular complexity index is 338. The molecule has 0 aliphatic heterocycles. The van der Waals surface area contributed by atoms with Gasteiger partial charge in [-0.1, -0.05) is 5.16 Å². The molecule has 0 radical (unpaired) electrons. The Labute approximate surface area is 101 Å². The maximum Gasteiger partial charge on any atom is 0.240 e. The van der Waals surface area contributed by atoms with Crippen LogP contribution in [0.1, 0.15) is 30.7 Å². The molecule has 1 aromatic heterocycles. The first kappa shape index (κ1) is 12.5. The zero-order valence-electron chi connectivity index (χ0n) is 10.3. The van der Waals surface area contributed by atoms with Crippen molar-refractivity contribution >= 4 is 0 Å². The van der Waals surface area contributed by atoms with Crippen LogP contribution in [0.2, 0.25) is 0 Å². The highest BCUT2D eigenvalue weighted by Gasteiger charge is 2.35. The second-order valence-electron chi connectivity index (χ2n) is 4.21. The third-order valence-electron chi connectivity index (χ3n) is 2.80. The lowest BCUT2D eigenvalue weighted by molar-refractivity contribution is 0.0751.